The highest BCUT2D eigenvalue weighted by atomic mass is 127. The number of hydrogen-bond acceptors (Lipinski definition) is 2. The van der Waals surface area contributed by atoms with Crippen molar-refractivity contribution in [3.05, 3.63) is 29.8 Å². The van der Waals surface area contributed by atoms with Gasteiger partial charge in [-0.15, -0.1) is 0 Å². The highest BCUT2D eigenvalue weighted by molar-refractivity contribution is 14.1. The van der Waals surface area contributed by atoms with Crippen molar-refractivity contribution in [2.45, 2.75) is 10.5 Å². The molecule has 12 heavy (non-hydrogen) atoms. The average Bonchev–Trinajstić information content (AvgIpc) is 2.03. The van der Waals surface area contributed by atoms with Crippen LogP contribution in [0.5, 0.6) is 5.75 Å². The van der Waals surface area contributed by atoms with Gasteiger partial charge >= 0.3 is 0 Å². The lowest BCUT2D eigenvalue weighted by Gasteiger charge is -2.17. The van der Waals surface area contributed by atoms with Crippen molar-refractivity contribution in [2.24, 2.45) is 5.73 Å². The summed E-state index contributed by atoms with van der Waals surface area (Å²) in [5.74, 6) is 0.848. The summed E-state index contributed by atoms with van der Waals surface area (Å²) in [6.07, 6.45) is 0. The van der Waals surface area contributed by atoms with Gasteiger partial charge in [-0.25, -0.2) is 0 Å². The van der Waals surface area contributed by atoms with Crippen LogP contribution >= 0.6 is 22.6 Å². The smallest absolute Gasteiger partial charge is 0.119 e. The predicted octanol–water partition coefficient (Wildman–Crippen LogP) is 2.26. The number of ether oxygens (including phenoxy) is 1. The fourth-order valence-corrected chi connectivity index (χ4v) is 1.26. The van der Waals surface area contributed by atoms with Crippen LogP contribution in [0.2, 0.25) is 0 Å². The summed E-state index contributed by atoms with van der Waals surface area (Å²) in [6.45, 7) is 1.96. The first kappa shape index (κ1) is 9.80. The fourth-order valence-electron chi connectivity index (χ4n) is 0.927. The normalized spacial score (nSPS) is 15.3. The Labute approximate surface area is 86.2 Å². The Hall–Kier alpha value is -0.290. The summed E-state index contributed by atoms with van der Waals surface area (Å²) < 4.78 is 4.76. The Kier molecular flexibility index (Phi) is 2.95. The first-order valence-corrected chi connectivity index (χ1v) is 4.74. The molecule has 0 fully saturated rings. The van der Waals surface area contributed by atoms with Crippen LogP contribution in [0.25, 0.3) is 0 Å². The molecule has 3 heteroatoms. The topological polar surface area (TPSA) is 35.2 Å². The Morgan fingerprint density at radius 1 is 1.50 bits per heavy atom. The van der Waals surface area contributed by atoms with Crippen molar-refractivity contribution in [1.82, 2.24) is 0 Å². The third-order valence-electron chi connectivity index (χ3n) is 1.63. The number of methoxy groups -OCH3 is 1. The van der Waals surface area contributed by atoms with Gasteiger partial charge in [-0.2, -0.15) is 0 Å². The van der Waals surface area contributed by atoms with Crippen molar-refractivity contribution >= 4 is 22.6 Å². The number of hydrogen-bond donors (Lipinski definition) is 1. The van der Waals surface area contributed by atoms with Gasteiger partial charge in [0.2, 0.25) is 0 Å². The molecule has 0 unspecified atom stereocenters. The van der Waals surface area contributed by atoms with Crippen molar-refractivity contribution in [3.63, 3.8) is 0 Å². The molecule has 0 amide bonds. The Balaban J connectivity index is 3.02. The molecule has 0 saturated heterocycles. The molecule has 1 aromatic rings. The number of benzene rings is 1. The number of halogens is 1. The van der Waals surface area contributed by atoms with Crippen LogP contribution in [0.3, 0.4) is 0 Å². The molecule has 0 bridgehead atoms. The van der Waals surface area contributed by atoms with Crippen LogP contribution in [-0.4, -0.2) is 7.11 Å². The summed E-state index contributed by atoms with van der Waals surface area (Å²) in [6, 6.07) is 7.80. The van der Waals surface area contributed by atoms with E-state index in [0.29, 0.717) is 0 Å². The van der Waals surface area contributed by atoms with E-state index in [0.717, 1.165) is 11.3 Å². The number of rotatable bonds is 2. The van der Waals surface area contributed by atoms with Gasteiger partial charge in [0, 0.05) is 0 Å². The number of alkyl halides is 1. The van der Waals surface area contributed by atoms with Crippen LogP contribution in [-0.2, 0) is 3.55 Å². The molecule has 0 heterocycles. The molecule has 2 nitrogen and oxygen atoms in total. The molecular weight excluding hydrogens is 265 g/mol. The van der Waals surface area contributed by atoms with Gasteiger partial charge in [0.15, 0.2) is 0 Å². The predicted molar refractivity (Wildman–Crippen MR) is 58.6 cm³/mol. The molecule has 0 radical (unpaired) electrons. The van der Waals surface area contributed by atoms with Crippen LogP contribution in [0.15, 0.2) is 24.3 Å². The highest BCUT2D eigenvalue weighted by Crippen LogP contribution is 2.27. The second kappa shape index (κ2) is 3.62. The molecule has 0 spiro atoms. The maximum absolute atomic E-state index is 5.91. The van der Waals surface area contributed by atoms with E-state index in [9.17, 15) is 0 Å². The molecule has 0 aliphatic rings. The maximum atomic E-state index is 5.91. The Morgan fingerprint density at radius 2 is 2.17 bits per heavy atom. The summed E-state index contributed by atoms with van der Waals surface area (Å²) in [4.78, 5) is 0. The van der Waals surface area contributed by atoms with E-state index in [4.69, 9.17) is 10.5 Å². The van der Waals surface area contributed by atoms with Crippen molar-refractivity contribution in [2.75, 3.05) is 7.11 Å². The largest absolute Gasteiger partial charge is 0.497 e. The minimum Gasteiger partial charge on any atom is -0.497 e. The molecular formula is C9H12INO. The van der Waals surface area contributed by atoms with Crippen molar-refractivity contribution in [3.8, 4) is 5.75 Å². The lowest BCUT2D eigenvalue weighted by Crippen LogP contribution is -2.24. The van der Waals surface area contributed by atoms with E-state index in [1.807, 2.05) is 31.2 Å². The first-order chi connectivity index (χ1) is 5.54. The fraction of sp³-hybridized carbons (Fsp3) is 0.333. The zero-order chi connectivity index (χ0) is 9.19. The van der Waals surface area contributed by atoms with Gasteiger partial charge in [0.1, 0.15) is 5.75 Å². The molecule has 0 saturated carbocycles. The summed E-state index contributed by atoms with van der Waals surface area (Å²) in [5.41, 5.74) is 6.98. The Bertz CT molecular complexity index is 267. The van der Waals surface area contributed by atoms with Crippen molar-refractivity contribution < 1.29 is 4.74 Å². The van der Waals surface area contributed by atoms with Gasteiger partial charge in [0.05, 0.1) is 10.7 Å². The summed E-state index contributed by atoms with van der Waals surface area (Å²) >= 11 is 2.20. The molecule has 66 valence electrons. The molecule has 2 N–H and O–H groups in total. The quantitative estimate of drug-likeness (QED) is 0.511. The van der Waals surface area contributed by atoms with Crippen LogP contribution < -0.4 is 10.5 Å². The van der Waals surface area contributed by atoms with E-state index < -0.39 is 0 Å². The van der Waals surface area contributed by atoms with Crippen LogP contribution in [0.1, 0.15) is 12.5 Å². The second-order valence-electron chi connectivity index (χ2n) is 2.81. The third-order valence-corrected chi connectivity index (χ3v) is 2.26. The van der Waals surface area contributed by atoms with Crippen LogP contribution in [0.4, 0.5) is 0 Å². The van der Waals surface area contributed by atoms with E-state index in [1.54, 1.807) is 7.11 Å². The second-order valence-corrected chi connectivity index (χ2v) is 5.05. The zero-order valence-electron chi connectivity index (χ0n) is 7.17. The molecule has 1 aromatic carbocycles. The van der Waals surface area contributed by atoms with E-state index in [1.165, 1.54) is 0 Å². The molecule has 0 aliphatic carbocycles. The first-order valence-electron chi connectivity index (χ1n) is 3.66. The Morgan fingerprint density at radius 3 is 2.67 bits per heavy atom. The van der Waals surface area contributed by atoms with Gasteiger partial charge < -0.3 is 10.5 Å². The lowest BCUT2D eigenvalue weighted by molar-refractivity contribution is 0.414. The standard InChI is InChI=1S/C9H12INO/c1-9(10,11)7-4-3-5-8(6-7)12-2/h3-6H,11H2,1-2H3/t9-/m0/s1. The lowest BCUT2D eigenvalue weighted by atomic mass is 10.1. The molecule has 1 rings (SSSR count). The molecule has 1 atom stereocenters. The average molecular weight is 277 g/mol. The van der Waals surface area contributed by atoms with E-state index in [-0.39, 0.29) is 3.55 Å². The molecule has 0 aromatic heterocycles. The summed E-state index contributed by atoms with van der Waals surface area (Å²) in [7, 11) is 1.65. The highest BCUT2D eigenvalue weighted by Gasteiger charge is 2.16. The van der Waals surface area contributed by atoms with Crippen molar-refractivity contribution in [1.29, 1.82) is 0 Å². The van der Waals surface area contributed by atoms with Gasteiger partial charge in [-0.1, -0.05) is 34.7 Å². The van der Waals surface area contributed by atoms with E-state index >= 15 is 0 Å². The van der Waals surface area contributed by atoms with E-state index in [2.05, 4.69) is 22.6 Å². The SMILES string of the molecule is COc1cccc([C@](C)(N)I)c1. The summed E-state index contributed by atoms with van der Waals surface area (Å²) in [5, 5.41) is 0. The third kappa shape index (κ3) is 2.35. The van der Waals surface area contributed by atoms with Gasteiger partial charge in [-0.3, -0.25) is 0 Å². The van der Waals surface area contributed by atoms with Gasteiger partial charge in [0.25, 0.3) is 0 Å². The minimum atomic E-state index is -0.327. The number of nitrogens with two attached hydrogens (primary N) is 1. The molecule has 0 aliphatic heterocycles. The monoisotopic (exact) mass is 277 g/mol. The van der Waals surface area contributed by atoms with Gasteiger partial charge in [-0.05, 0) is 24.6 Å². The maximum Gasteiger partial charge on any atom is 0.119 e. The van der Waals surface area contributed by atoms with Crippen LogP contribution in [0, 0.1) is 0 Å². The minimum absolute atomic E-state index is 0.327. The zero-order valence-corrected chi connectivity index (χ0v) is 9.33.